The molecule has 0 bridgehead atoms. The van der Waals surface area contributed by atoms with Gasteiger partial charge in [-0.25, -0.2) is 14.5 Å². The number of amides is 1. The van der Waals surface area contributed by atoms with E-state index in [2.05, 4.69) is 21.6 Å². The van der Waals surface area contributed by atoms with Crippen LogP contribution < -0.4 is 9.44 Å². The highest BCUT2D eigenvalue weighted by Gasteiger charge is 2.14. The zero-order valence-electron chi connectivity index (χ0n) is 9.87. The predicted octanol–water partition coefficient (Wildman–Crippen LogP) is -0.562. The van der Waals surface area contributed by atoms with Crippen molar-refractivity contribution in [1.82, 2.24) is 9.71 Å². The number of carbonyl (C=O) groups is 1. The summed E-state index contributed by atoms with van der Waals surface area (Å²) in [4.78, 5) is 14.6. The second-order valence-corrected chi connectivity index (χ2v) is 4.50. The van der Waals surface area contributed by atoms with Crippen molar-refractivity contribution >= 4 is 22.1 Å². The number of carbonyl (C=O) groups excluding carboxylic acids is 1. The maximum absolute atomic E-state index is 11.5. The summed E-state index contributed by atoms with van der Waals surface area (Å²) in [5.41, 5.74) is 0.458. The predicted molar refractivity (Wildman–Crippen MR) is 66.3 cm³/mol. The van der Waals surface area contributed by atoms with Crippen LogP contribution >= 0.6 is 0 Å². The molecule has 1 aromatic rings. The summed E-state index contributed by atoms with van der Waals surface area (Å²) in [5, 5.41) is 8.55. The average molecular weight is 285 g/mol. The Morgan fingerprint density at radius 1 is 1.58 bits per heavy atom. The fourth-order valence-electron chi connectivity index (χ4n) is 1.02. The molecule has 0 atom stereocenters. The Balaban J connectivity index is 2.85. The molecule has 0 aromatic carbocycles. The number of nitrogens with zero attached hydrogens (tertiary/aromatic N) is 1. The Hall–Kier alpha value is -2.31. The normalized spacial score (nSPS) is 10.0. The summed E-state index contributed by atoms with van der Waals surface area (Å²) in [5.74, 6) is 4.97. The van der Waals surface area contributed by atoms with E-state index in [1.165, 1.54) is 18.3 Å². The number of aromatic nitrogens is 1. The lowest BCUT2D eigenvalue weighted by molar-refractivity contribution is 0.177. The standard InChI is InChI=1S/C10H11N3O5S/c1-18-10(15)13-19(16,17)12-9-7-8(3-2-6-14)4-5-11-9/h4-5,7,14H,6H2,1H3,(H,11,12)(H,13,15). The monoisotopic (exact) mass is 285 g/mol. The van der Waals surface area contributed by atoms with Gasteiger partial charge in [0, 0.05) is 11.8 Å². The SMILES string of the molecule is COC(=O)NS(=O)(=O)Nc1cc(C#CCO)ccn1. The van der Waals surface area contributed by atoms with Crippen molar-refractivity contribution in [2.45, 2.75) is 0 Å². The minimum atomic E-state index is -4.12. The molecule has 1 aromatic heterocycles. The zero-order chi connectivity index (χ0) is 14.3. The van der Waals surface area contributed by atoms with Crippen LogP contribution in [0.4, 0.5) is 10.6 Å². The maximum Gasteiger partial charge on any atom is 0.422 e. The molecule has 0 spiro atoms. The highest BCUT2D eigenvalue weighted by molar-refractivity contribution is 7.91. The summed E-state index contributed by atoms with van der Waals surface area (Å²) in [7, 11) is -3.08. The van der Waals surface area contributed by atoms with E-state index < -0.39 is 16.3 Å². The molecule has 9 heteroatoms. The molecule has 8 nitrogen and oxygen atoms in total. The lowest BCUT2D eigenvalue weighted by atomic mass is 10.2. The third-order valence-electron chi connectivity index (χ3n) is 1.71. The van der Waals surface area contributed by atoms with Gasteiger partial charge in [-0.2, -0.15) is 8.42 Å². The fraction of sp³-hybridized carbons (Fsp3) is 0.200. The number of pyridine rings is 1. The molecule has 0 aliphatic carbocycles. The Morgan fingerprint density at radius 2 is 2.32 bits per heavy atom. The van der Waals surface area contributed by atoms with Gasteiger partial charge < -0.3 is 9.84 Å². The molecule has 0 fully saturated rings. The van der Waals surface area contributed by atoms with Crippen LogP contribution in [0.25, 0.3) is 0 Å². The van der Waals surface area contributed by atoms with Gasteiger partial charge in [0.05, 0.1) is 7.11 Å². The van der Waals surface area contributed by atoms with Crippen LogP contribution in [0.2, 0.25) is 0 Å². The van der Waals surface area contributed by atoms with Crippen LogP contribution in [0.15, 0.2) is 18.3 Å². The van der Waals surface area contributed by atoms with Crippen molar-refractivity contribution in [2.75, 3.05) is 18.4 Å². The molecule has 0 aliphatic rings. The Bertz CT molecular complexity index is 618. The van der Waals surface area contributed by atoms with Crippen LogP contribution in [0.5, 0.6) is 0 Å². The van der Waals surface area contributed by atoms with Gasteiger partial charge >= 0.3 is 16.3 Å². The smallest absolute Gasteiger partial charge is 0.422 e. The Kier molecular flexibility index (Phi) is 5.11. The molecule has 102 valence electrons. The summed E-state index contributed by atoms with van der Waals surface area (Å²) in [6.07, 6.45) is 0.209. The largest absolute Gasteiger partial charge is 0.452 e. The van der Waals surface area contributed by atoms with E-state index in [1.807, 2.05) is 4.72 Å². The molecule has 0 aliphatic heterocycles. The topological polar surface area (TPSA) is 118 Å². The first kappa shape index (κ1) is 14.7. The van der Waals surface area contributed by atoms with E-state index >= 15 is 0 Å². The minimum Gasteiger partial charge on any atom is -0.452 e. The molecule has 1 rings (SSSR count). The molecular weight excluding hydrogens is 274 g/mol. The molecule has 1 amide bonds. The number of methoxy groups -OCH3 is 1. The van der Waals surface area contributed by atoms with E-state index in [9.17, 15) is 13.2 Å². The van der Waals surface area contributed by atoms with E-state index in [1.54, 1.807) is 4.72 Å². The summed E-state index contributed by atoms with van der Waals surface area (Å²) < 4.78 is 30.7. The van der Waals surface area contributed by atoms with Crippen LogP contribution in [0.1, 0.15) is 5.56 Å². The lowest BCUT2D eigenvalue weighted by Gasteiger charge is -2.07. The quantitative estimate of drug-likeness (QED) is 0.641. The van der Waals surface area contributed by atoms with Crippen molar-refractivity contribution in [2.24, 2.45) is 0 Å². The molecule has 0 saturated heterocycles. The number of aliphatic hydroxyl groups is 1. The van der Waals surface area contributed by atoms with Crippen LogP contribution in [0, 0.1) is 11.8 Å². The lowest BCUT2D eigenvalue weighted by Crippen LogP contribution is -2.35. The fourth-order valence-corrected chi connectivity index (χ4v) is 1.76. The summed E-state index contributed by atoms with van der Waals surface area (Å²) in [6, 6.07) is 2.88. The number of ether oxygens (including phenoxy) is 1. The van der Waals surface area contributed by atoms with Crippen molar-refractivity contribution in [1.29, 1.82) is 0 Å². The van der Waals surface area contributed by atoms with Gasteiger partial charge in [0.25, 0.3) is 0 Å². The molecule has 19 heavy (non-hydrogen) atoms. The van der Waals surface area contributed by atoms with Crippen molar-refractivity contribution in [3.8, 4) is 11.8 Å². The summed E-state index contributed by atoms with van der Waals surface area (Å²) in [6.45, 7) is -0.312. The number of nitrogens with one attached hydrogen (secondary N) is 2. The third kappa shape index (κ3) is 5.24. The first-order chi connectivity index (χ1) is 8.96. The third-order valence-corrected chi connectivity index (χ3v) is 2.63. The molecular formula is C10H11N3O5S. The minimum absolute atomic E-state index is 0.0267. The van der Waals surface area contributed by atoms with Crippen LogP contribution in [0.3, 0.4) is 0 Å². The van der Waals surface area contributed by atoms with Crippen molar-refractivity contribution < 1.29 is 23.1 Å². The van der Waals surface area contributed by atoms with E-state index in [-0.39, 0.29) is 12.4 Å². The van der Waals surface area contributed by atoms with E-state index in [0.717, 1.165) is 7.11 Å². The van der Waals surface area contributed by atoms with Crippen LogP contribution in [-0.4, -0.2) is 38.3 Å². The second kappa shape index (κ2) is 6.58. The number of hydrogen-bond acceptors (Lipinski definition) is 6. The second-order valence-electron chi connectivity index (χ2n) is 3.09. The number of anilines is 1. The van der Waals surface area contributed by atoms with Gasteiger partial charge in [-0.15, -0.1) is 0 Å². The Labute approximate surface area is 110 Å². The first-order valence-corrected chi connectivity index (χ1v) is 6.39. The molecule has 1 heterocycles. The molecule has 3 N–H and O–H groups in total. The van der Waals surface area contributed by atoms with Gasteiger partial charge in [0.15, 0.2) is 0 Å². The average Bonchev–Trinajstić information content (AvgIpc) is 2.35. The highest BCUT2D eigenvalue weighted by atomic mass is 32.2. The molecule has 0 unspecified atom stereocenters. The van der Waals surface area contributed by atoms with Gasteiger partial charge in [-0.05, 0) is 12.1 Å². The van der Waals surface area contributed by atoms with Gasteiger partial charge in [-0.3, -0.25) is 4.72 Å². The number of rotatable bonds is 3. The molecule has 0 radical (unpaired) electrons. The van der Waals surface area contributed by atoms with E-state index in [0.29, 0.717) is 5.56 Å². The Morgan fingerprint density at radius 3 is 2.95 bits per heavy atom. The van der Waals surface area contributed by atoms with Crippen molar-refractivity contribution in [3.05, 3.63) is 23.9 Å². The highest BCUT2D eigenvalue weighted by Crippen LogP contribution is 2.07. The van der Waals surface area contributed by atoms with Crippen molar-refractivity contribution in [3.63, 3.8) is 0 Å². The summed E-state index contributed by atoms with van der Waals surface area (Å²) >= 11 is 0. The van der Waals surface area contributed by atoms with Crippen LogP contribution in [-0.2, 0) is 14.9 Å². The van der Waals surface area contributed by atoms with E-state index in [4.69, 9.17) is 5.11 Å². The van der Waals surface area contributed by atoms with Gasteiger partial charge in [0.1, 0.15) is 12.4 Å². The molecule has 0 saturated carbocycles. The zero-order valence-corrected chi connectivity index (χ0v) is 10.7. The van der Waals surface area contributed by atoms with Gasteiger partial charge in [-0.1, -0.05) is 11.8 Å². The number of hydrogen-bond donors (Lipinski definition) is 3. The van der Waals surface area contributed by atoms with Gasteiger partial charge in [0.2, 0.25) is 0 Å². The number of aliphatic hydroxyl groups excluding tert-OH is 1. The first-order valence-electron chi connectivity index (χ1n) is 4.91. The maximum atomic E-state index is 11.5.